The van der Waals surface area contributed by atoms with Crippen LogP contribution >= 0.6 is 11.6 Å². The van der Waals surface area contributed by atoms with Crippen molar-refractivity contribution >= 4 is 34.5 Å². The van der Waals surface area contributed by atoms with Gasteiger partial charge in [-0.15, -0.1) is 0 Å². The first-order chi connectivity index (χ1) is 17.3. The number of fused-ring (bicyclic) bond motifs is 1. The quantitative estimate of drug-likeness (QED) is 0.553. The van der Waals surface area contributed by atoms with Crippen molar-refractivity contribution in [3.63, 3.8) is 0 Å². The molecule has 0 radical (unpaired) electrons. The van der Waals surface area contributed by atoms with E-state index in [4.69, 9.17) is 32.1 Å². The molecule has 5 heterocycles. The Balaban J connectivity index is 0.000000286. The number of rotatable bonds is 3. The van der Waals surface area contributed by atoms with Gasteiger partial charge >= 0.3 is 0 Å². The SMILES string of the molecule is CC(C)n1c(N2CC3(COC3)C2)nc2c(F)cc(-c3nc(N)ncc3Cl)cc21.N#C[C@H]1CCCOC1. The average Bonchev–Trinajstić information content (AvgIpc) is 3.20. The van der Waals surface area contributed by atoms with Gasteiger partial charge in [0.25, 0.3) is 0 Å². The number of benzene rings is 1. The van der Waals surface area contributed by atoms with E-state index in [2.05, 4.69) is 44.3 Å². The van der Waals surface area contributed by atoms with Crippen molar-refractivity contribution in [3.05, 3.63) is 29.2 Å². The van der Waals surface area contributed by atoms with E-state index >= 15 is 4.39 Å². The summed E-state index contributed by atoms with van der Waals surface area (Å²) >= 11 is 6.23. The van der Waals surface area contributed by atoms with E-state index in [1.165, 1.54) is 12.3 Å². The number of nitrogens with zero attached hydrogens (tertiary/aromatic N) is 6. The Bertz CT molecular complexity index is 1300. The molecule has 0 bridgehead atoms. The molecule has 3 saturated heterocycles. The molecule has 3 aliphatic rings. The molecule has 3 aliphatic heterocycles. The van der Waals surface area contributed by atoms with Gasteiger partial charge in [-0.05, 0) is 38.8 Å². The highest BCUT2D eigenvalue weighted by Crippen LogP contribution is 2.42. The highest BCUT2D eigenvalue weighted by molar-refractivity contribution is 6.33. The number of anilines is 2. The van der Waals surface area contributed by atoms with Crippen molar-refractivity contribution < 1.29 is 13.9 Å². The number of imidazole rings is 1. The molecule has 3 aromatic rings. The molecular formula is C25H29ClFN7O2. The summed E-state index contributed by atoms with van der Waals surface area (Å²) in [5.41, 5.74) is 7.95. The fourth-order valence-corrected chi connectivity index (χ4v) is 5.11. The van der Waals surface area contributed by atoms with Gasteiger partial charge in [-0.3, -0.25) is 0 Å². The molecule has 1 atom stereocenters. The van der Waals surface area contributed by atoms with Crippen LogP contribution in [0.15, 0.2) is 18.3 Å². The standard InChI is InChI=1S/C19H20ClFN6O.C6H9NO/c1-10(2)27-14-4-11(15-12(20)5-23-17(22)24-15)3-13(21)16(14)25-18(27)26-6-19(7-26)8-28-9-19;7-4-6-2-1-3-8-5-6/h3-5,10H,6-9H2,1-2H3,(H2,22,23,24);6H,1-3,5H2/t;6-/m.1/s1. The van der Waals surface area contributed by atoms with Crippen LogP contribution in [0.3, 0.4) is 0 Å². The summed E-state index contributed by atoms with van der Waals surface area (Å²) in [7, 11) is 0. The normalized spacial score (nSPS) is 20.4. The first-order valence-corrected chi connectivity index (χ1v) is 12.5. The van der Waals surface area contributed by atoms with Crippen molar-refractivity contribution in [2.24, 2.45) is 11.3 Å². The topological polar surface area (TPSA) is 115 Å². The molecule has 0 amide bonds. The van der Waals surface area contributed by atoms with Crippen molar-refractivity contribution in [2.45, 2.75) is 32.7 Å². The van der Waals surface area contributed by atoms with Crippen LogP contribution in [0.4, 0.5) is 16.3 Å². The molecule has 6 rings (SSSR count). The Hall–Kier alpha value is -3.00. The predicted octanol–water partition coefficient (Wildman–Crippen LogP) is 4.22. The lowest BCUT2D eigenvalue weighted by Crippen LogP contribution is -2.66. The summed E-state index contributed by atoms with van der Waals surface area (Å²) < 4.78 is 27.5. The lowest BCUT2D eigenvalue weighted by molar-refractivity contribution is -0.127. The van der Waals surface area contributed by atoms with Gasteiger partial charge in [-0.1, -0.05) is 11.6 Å². The Kier molecular flexibility index (Phi) is 6.72. The third kappa shape index (κ3) is 4.59. The molecule has 9 nitrogen and oxygen atoms in total. The molecular weight excluding hydrogens is 485 g/mol. The maximum atomic E-state index is 15.0. The van der Waals surface area contributed by atoms with Crippen molar-refractivity contribution in [2.75, 3.05) is 50.2 Å². The van der Waals surface area contributed by atoms with Crippen LogP contribution in [0.1, 0.15) is 32.7 Å². The first kappa shape index (κ1) is 24.7. The van der Waals surface area contributed by atoms with Crippen LogP contribution in [0.25, 0.3) is 22.3 Å². The van der Waals surface area contributed by atoms with Gasteiger partial charge in [-0.2, -0.15) is 5.26 Å². The third-order valence-electron chi connectivity index (χ3n) is 6.78. The maximum Gasteiger partial charge on any atom is 0.220 e. The van der Waals surface area contributed by atoms with Gasteiger partial charge in [0.15, 0.2) is 5.82 Å². The second-order valence-electron chi connectivity index (χ2n) is 10.0. The van der Waals surface area contributed by atoms with E-state index < -0.39 is 5.82 Å². The Morgan fingerprint density at radius 1 is 1.25 bits per heavy atom. The molecule has 36 heavy (non-hydrogen) atoms. The van der Waals surface area contributed by atoms with Gasteiger partial charge in [0.1, 0.15) is 5.52 Å². The van der Waals surface area contributed by atoms with E-state index in [0.29, 0.717) is 33.9 Å². The van der Waals surface area contributed by atoms with E-state index in [9.17, 15) is 0 Å². The van der Waals surface area contributed by atoms with Crippen LogP contribution < -0.4 is 10.6 Å². The number of nitrogens with two attached hydrogens (primary N) is 1. The molecule has 1 spiro atoms. The van der Waals surface area contributed by atoms with E-state index in [1.807, 2.05) is 6.07 Å². The fraction of sp³-hybridized carbons (Fsp3) is 0.520. The van der Waals surface area contributed by atoms with Crippen LogP contribution in [-0.4, -0.2) is 59.0 Å². The van der Waals surface area contributed by atoms with Gasteiger partial charge < -0.3 is 24.7 Å². The molecule has 0 aliphatic carbocycles. The second kappa shape index (κ2) is 9.81. The van der Waals surface area contributed by atoms with Crippen LogP contribution in [0.5, 0.6) is 0 Å². The van der Waals surface area contributed by atoms with Gasteiger partial charge in [-0.25, -0.2) is 19.3 Å². The number of nitrogen functional groups attached to an aromatic ring is 1. The number of nitriles is 1. The summed E-state index contributed by atoms with van der Waals surface area (Å²) in [6, 6.07) is 5.55. The van der Waals surface area contributed by atoms with E-state index in [1.54, 1.807) is 0 Å². The van der Waals surface area contributed by atoms with Crippen LogP contribution in [0.2, 0.25) is 5.02 Å². The summed E-state index contributed by atoms with van der Waals surface area (Å²) in [6.07, 6.45) is 3.50. The van der Waals surface area contributed by atoms with Crippen LogP contribution in [-0.2, 0) is 9.47 Å². The van der Waals surface area contributed by atoms with Crippen LogP contribution in [0, 0.1) is 28.5 Å². The molecule has 2 N–H and O–H groups in total. The van der Waals surface area contributed by atoms with Gasteiger partial charge in [0.2, 0.25) is 11.9 Å². The fourth-order valence-electron chi connectivity index (χ4n) is 4.91. The molecule has 0 saturated carbocycles. The predicted molar refractivity (Wildman–Crippen MR) is 135 cm³/mol. The molecule has 11 heteroatoms. The minimum absolute atomic E-state index is 0.0894. The zero-order valence-electron chi connectivity index (χ0n) is 20.4. The summed E-state index contributed by atoms with van der Waals surface area (Å²) in [4.78, 5) is 14.9. The Labute approximate surface area is 214 Å². The molecule has 2 aromatic heterocycles. The zero-order chi connectivity index (χ0) is 25.4. The number of hydrogen-bond acceptors (Lipinski definition) is 8. The highest BCUT2D eigenvalue weighted by Gasteiger charge is 2.50. The second-order valence-corrected chi connectivity index (χ2v) is 10.4. The number of halogens is 2. The minimum Gasteiger partial charge on any atom is -0.380 e. The summed E-state index contributed by atoms with van der Waals surface area (Å²) in [5.74, 6) is 0.630. The zero-order valence-corrected chi connectivity index (χ0v) is 21.1. The number of hydrogen-bond donors (Lipinski definition) is 1. The lowest BCUT2D eigenvalue weighted by Gasteiger charge is -2.55. The molecule has 190 valence electrons. The van der Waals surface area contributed by atoms with Crippen molar-refractivity contribution in [3.8, 4) is 17.3 Å². The van der Waals surface area contributed by atoms with Crippen molar-refractivity contribution in [1.82, 2.24) is 19.5 Å². The summed E-state index contributed by atoms with van der Waals surface area (Å²) in [5, 5.41) is 8.68. The number of ether oxygens (including phenoxy) is 2. The summed E-state index contributed by atoms with van der Waals surface area (Å²) in [6.45, 7) is 8.96. The third-order valence-corrected chi connectivity index (χ3v) is 7.05. The Morgan fingerprint density at radius 2 is 2.03 bits per heavy atom. The largest absolute Gasteiger partial charge is 0.380 e. The smallest absolute Gasteiger partial charge is 0.220 e. The maximum absolute atomic E-state index is 15.0. The highest BCUT2D eigenvalue weighted by atomic mass is 35.5. The first-order valence-electron chi connectivity index (χ1n) is 12.1. The van der Waals surface area contributed by atoms with Crippen molar-refractivity contribution in [1.29, 1.82) is 5.26 Å². The molecule has 3 fully saturated rings. The lowest BCUT2D eigenvalue weighted by atomic mass is 9.78. The van der Waals surface area contributed by atoms with Gasteiger partial charge in [0, 0.05) is 31.3 Å². The number of aromatic nitrogens is 4. The molecule has 1 aromatic carbocycles. The minimum atomic E-state index is -0.413. The molecule has 0 unspecified atom stereocenters. The Morgan fingerprint density at radius 3 is 2.61 bits per heavy atom. The van der Waals surface area contributed by atoms with E-state index in [-0.39, 0.29) is 23.3 Å². The average molecular weight is 514 g/mol. The monoisotopic (exact) mass is 513 g/mol. The van der Waals surface area contributed by atoms with E-state index in [0.717, 1.165) is 51.7 Å². The van der Waals surface area contributed by atoms with Gasteiger partial charge in [0.05, 0.1) is 59.7 Å².